The number of hydrogen-bond acceptors (Lipinski definition) is 3. The second kappa shape index (κ2) is 5.82. The third-order valence-corrected chi connectivity index (χ3v) is 3.11. The summed E-state index contributed by atoms with van der Waals surface area (Å²) in [5.74, 6) is 0.565. The van der Waals surface area contributed by atoms with Gasteiger partial charge in [-0.1, -0.05) is 28.1 Å². The zero-order valence-electron chi connectivity index (χ0n) is 9.94. The number of aromatic nitrogens is 2. The molecule has 4 nitrogen and oxygen atoms in total. The van der Waals surface area contributed by atoms with Crippen LogP contribution in [-0.4, -0.2) is 23.0 Å². The van der Waals surface area contributed by atoms with Gasteiger partial charge in [-0.15, -0.1) is 0 Å². The van der Waals surface area contributed by atoms with Gasteiger partial charge in [0.15, 0.2) is 0 Å². The van der Waals surface area contributed by atoms with E-state index < -0.39 is 0 Å². The van der Waals surface area contributed by atoms with E-state index in [1.165, 1.54) is 7.11 Å². The lowest BCUT2D eigenvalue weighted by atomic mass is 10.2. The number of ether oxygens (including phenoxy) is 1. The fourth-order valence-electron chi connectivity index (χ4n) is 1.59. The van der Waals surface area contributed by atoms with Crippen LogP contribution in [0.4, 0.5) is 0 Å². The van der Waals surface area contributed by atoms with Crippen molar-refractivity contribution in [3.63, 3.8) is 0 Å². The molecule has 0 aliphatic heterocycles. The molecule has 0 atom stereocenters. The molecule has 0 amide bonds. The standard InChI is InChI=1S/C13H13BrN2O2/c1-18-13(17)7-6-12-15-8-11(16-12)9-2-4-10(14)5-3-9/h2-5,8H,6-7H2,1H3,(H,15,16). The summed E-state index contributed by atoms with van der Waals surface area (Å²) in [6.07, 6.45) is 2.67. The van der Waals surface area contributed by atoms with E-state index >= 15 is 0 Å². The number of imidazole rings is 1. The number of H-pyrrole nitrogens is 1. The van der Waals surface area contributed by atoms with Gasteiger partial charge < -0.3 is 9.72 Å². The lowest BCUT2D eigenvalue weighted by molar-refractivity contribution is -0.140. The lowest BCUT2D eigenvalue weighted by Gasteiger charge is -1.98. The van der Waals surface area contributed by atoms with Crippen LogP contribution in [0.15, 0.2) is 34.9 Å². The Morgan fingerprint density at radius 3 is 2.78 bits per heavy atom. The Balaban J connectivity index is 2.06. The van der Waals surface area contributed by atoms with Crippen molar-refractivity contribution in [2.24, 2.45) is 0 Å². The number of benzene rings is 1. The number of methoxy groups -OCH3 is 1. The molecule has 0 fully saturated rings. The minimum Gasteiger partial charge on any atom is -0.469 e. The summed E-state index contributed by atoms with van der Waals surface area (Å²) in [4.78, 5) is 18.5. The van der Waals surface area contributed by atoms with Gasteiger partial charge in [0.25, 0.3) is 0 Å². The molecular formula is C13H13BrN2O2. The number of rotatable bonds is 4. The molecule has 0 aliphatic rings. The van der Waals surface area contributed by atoms with Crippen molar-refractivity contribution in [1.82, 2.24) is 9.97 Å². The monoisotopic (exact) mass is 308 g/mol. The van der Waals surface area contributed by atoms with Crippen LogP contribution in [0, 0.1) is 0 Å². The molecule has 2 aromatic rings. The average Bonchev–Trinajstić information content (AvgIpc) is 2.85. The molecular weight excluding hydrogens is 296 g/mol. The number of halogens is 1. The van der Waals surface area contributed by atoms with Crippen LogP contribution >= 0.6 is 15.9 Å². The molecule has 0 saturated heterocycles. The largest absolute Gasteiger partial charge is 0.469 e. The quantitative estimate of drug-likeness (QED) is 0.884. The Bertz CT molecular complexity index is 534. The molecule has 1 N–H and O–H groups in total. The van der Waals surface area contributed by atoms with Crippen molar-refractivity contribution in [2.75, 3.05) is 7.11 Å². The predicted molar refractivity (Wildman–Crippen MR) is 72.1 cm³/mol. The summed E-state index contributed by atoms with van der Waals surface area (Å²) in [7, 11) is 1.39. The fourth-order valence-corrected chi connectivity index (χ4v) is 1.85. The van der Waals surface area contributed by atoms with E-state index in [1.807, 2.05) is 24.3 Å². The molecule has 5 heteroatoms. The van der Waals surface area contributed by atoms with E-state index in [9.17, 15) is 4.79 Å². The van der Waals surface area contributed by atoms with Gasteiger partial charge in [-0.2, -0.15) is 0 Å². The molecule has 0 spiro atoms. The Kier molecular flexibility index (Phi) is 4.15. The molecule has 1 aromatic carbocycles. The minimum absolute atomic E-state index is 0.225. The number of carbonyl (C=O) groups excluding carboxylic acids is 1. The van der Waals surface area contributed by atoms with Crippen LogP contribution in [0.5, 0.6) is 0 Å². The first kappa shape index (κ1) is 12.8. The SMILES string of the molecule is COC(=O)CCc1ncc(-c2ccc(Br)cc2)[nH]1. The fraction of sp³-hybridized carbons (Fsp3) is 0.231. The van der Waals surface area contributed by atoms with E-state index in [0.29, 0.717) is 12.8 Å². The molecule has 2 rings (SSSR count). The van der Waals surface area contributed by atoms with Gasteiger partial charge in [0.1, 0.15) is 5.82 Å². The maximum Gasteiger partial charge on any atom is 0.305 e. The van der Waals surface area contributed by atoms with E-state index in [-0.39, 0.29) is 5.97 Å². The van der Waals surface area contributed by atoms with Gasteiger partial charge in [-0.3, -0.25) is 4.79 Å². The smallest absolute Gasteiger partial charge is 0.305 e. The maximum atomic E-state index is 11.0. The van der Waals surface area contributed by atoms with Crippen LogP contribution in [0.1, 0.15) is 12.2 Å². The summed E-state index contributed by atoms with van der Waals surface area (Å²) in [5.41, 5.74) is 2.01. The topological polar surface area (TPSA) is 55.0 Å². The van der Waals surface area contributed by atoms with E-state index in [1.54, 1.807) is 6.20 Å². The van der Waals surface area contributed by atoms with Crippen molar-refractivity contribution >= 4 is 21.9 Å². The Morgan fingerprint density at radius 2 is 2.11 bits per heavy atom. The van der Waals surface area contributed by atoms with Gasteiger partial charge in [0.05, 0.1) is 25.4 Å². The number of nitrogens with zero attached hydrogens (tertiary/aromatic N) is 1. The van der Waals surface area contributed by atoms with Gasteiger partial charge in [-0.05, 0) is 17.7 Å². The second-order valence-corrected chi connectivity index (χ2v) is 4.74. The highest BCUT2D eigenvalue weighted by atomic mass is 79.9. The summed E-state index contributed by atoms with van der Waals surface area (Å²) in [6.45, 7) is 0. The number of hydrogen-bond donors (Lipinski definition) is 1. The second-order valence-electron chi connectivity index (χ2n) is 3.83. The summed E-state index contributed by atoms with van der Waals surface area (Å²) in [5, 5.41) is 0. The van der Waals surface area contributed by atoms with Gasteiger partial charge in [0.2, 0.25) is 0 Å². The van der Waals surface area contributed by atoms with E-state index in [4.69, 9.17) is 0 Å². The normalized spacial score (nSPS) is 10.3. The molecule has 0 unspecified atom stereocenters. The van der Waals surface area contributed by atoms with Crippen molar-refractivity contribution in [1.29, 1.82) is 0 Å². The van der Waals surface area contributed by atoms with Crippen LogP contribution in [-0.2, 0) is 16.0 Å². The van der Waals surface area contributed by atoms with Crippen LogP contribution in [0.25, 0.3) is 11.3 Å². The predicted octanol–water partition coefficient (Wildman–Crippen LogP) is 2.94. The Morgan fingerprint density at radius 1 is 1.39 bits per heavy atom. The average molecular weight is 309 g/mol. The van der Waals surface area contributed by atoms with Crippen molar-refractivity contribution < 1.29 is 9.53 Å². The van der Waals surface area contributed by atoms with Gasteiger partial charge in [-0.25, -0.2) is 4.98 Å². The highest BCUT2D eigenvalue weighted by Gasteiger charge is 2.06. The summed E-state index contributed by atoms with van der Waals surface area (Å²) >= 11 is 3.39. The molecule has 18 heavy (non-hydrogen) atoms. The molecule has 0 bridgehead atoms. The highest BCUT2D eigenvalue weighted by Crippen LogP contribution is 2.20. The zero-order valence-corrected chi connectivity index (χ0v) is 11.5. The number of aromatic amines is 1. The lowest BCUT2D eigenvalue weighted by Crippen LogP contribution is -2.02. The molecule has 0 radical (unpaired) electrons. The zero-order chi connectivity index (χ0) is 13.0. The van der Waals surface area contributed by atoms with Gasteiger partial charge in [0, 0.05) is 10.9 Å². The molecule has 1 aromatic heterocycles. The summed E-state index contributed by atoms with van der Waals surface area (Å²) in [6, 6.07) is 7.96. The minimum atomic E-state index is -0.225. The Labute approximate surface area is 114 Å². The first-order chi connectivity index (χ1) is 8.69. The van der Waals surface area contributed by atoms with Crippen molar-refractivity contribution in [3.05, 3.63) is 40.8 Å². The number of aryl methyl sites for hydroxylation is 1. The van der Waals surface area contributed by atoms with E-state index in [0.717, 1.165) is 21.6 Å². The maximum absolute atomic E-state index is 11.0. The van der Waals surface area contributed by atoms with Crippen LogP contribution < -0.4 is 0 Å². The molecule has 94 valence electrons. The van der Waals surface area contributed by atoms with Gasteiger partial charge >= 0.3 is 5.97 Å². The number of nitrogens with one attached hydrogen (secondary N) is 1. The third-order valence-electron chi connectivity index (χ3n) is 2.58. The molecule has 0 saturated carbocycles. The summed E-state index contributed by atoms with van der Waals surface area (Å²) < 4.78 is 5.63. The number of esters is 1. The highest BCUT2D eigenvalue weighted by molar-refractivity contribution is 9.10. The molecule has 0 aliphatic carbocycles. The van der Waals surface area contributed by atoms with Crippen molar-refractivity contribution in [3.8, 4) is 11.3 Å². The van der Waals surface area contributed by atoms with E-state index in [2.05, 4.69) is 30.6 Å². The first-order valence-corrected chi connectivity index (χ1v) is 6.35. The first-order valence-electron chi connectivity index (χ1n) is 5.55. The number of carbonyl (C=O) groups is 1. The Hall–Kier alpha value is -1.62. The van der Waals surface area contributed by atoms with Crippen molar-refractivity contribution in [2.45, 2.75) is 12.8 Å². The molecule has 1 heterocycles. The van der Waals surface area contributed by atoms with Crippen LogP contribution in [0.3, 0.4) is 0 Å². The van der Waals surface area contributed by atoms with Crippen LogP contribution in [0.2, 0.25) is 0 Å². The third kappa shape index (κ3) is 3.20.